The van der Waals surface area contributed by atoms with Crippen molar-refractivity contribution in [2.75, 3.05) is 6.54 Å². The minimum atomic E-state index is -0.720. The van der Waals surface area contributed by atoms with Crippen molar-refractivity contribution in [3.8, 4) is 5.75 Å². The van der Waals surface area contributed by atoms with Crippen molar-refractivity contribution in [1.82, 2.24) is 5.32 Å². The molecule has 1 saturated heterocycles. The van der Waals surface area contributed by atoms with Crippen molar-refractivity contribution in [2.45, 2.75) is 38.1 Å². The van der Waals surface area contributed by atoms with Crippen LogP contribution < -0.4 is 5.32 Å². The summed E-state index contributed by atoms with van der Waals surface area (Å²) in [5.41, 5.74) is 3.51. The first-order valence-electron chi connectivity index (χ1n) is 6.96. The van der Waals surface area contributed by atoms with E-state index in [0.717, 1.165) is 31.2 Å². The Balaban J connectivity index is 1.92. The topological polar surface area (TPSA) is 69.6 Å². The molecule has 1 aliphatic heterocycles. The normalized spacial score (nSPS) is 26.1. The van der Waals surface area contributed by atoms with Crippen molar-refractivity contribution in [3.05, 3.63) is 28.8 Å². The number of phenols is 1. The average molecular weight is 261 g/mol. The monoisotopic (exact) mass is 261 g/mol. The molecule has 102 valence electrons. The minimum Gasteiger partial charge on any atom is -0.508 e. The number of aromatic hydroxyl groups is 1. The molecule has 2 aliphatic rings. The third kappa shape index (κ3) is 2.21. The van der Waals surface area contributed by atoms with E-state index in [1.807, 2.05) is 6.07 Å². The summed E-state index contributed by atoms with van der Waals surface area (Å²) in [6, 6.07) is 3.84. The lowest BCUT2D eigenvalue weighted by atomic mass is 9.84. The van der Waals surface area contributed by atoms with Crippen LogP contribution in [-0.4, -0.2) is 22.7 Å². The molecule has 0 radical (unpaired) electrons. The van der Waals surface area contributed by atoms with Gasteiger partial charge in [-0.2, -0.15) is 0 Å². The second-order valence-corrected chi connectivity index (χ2v) is 5.57. The second kappa shape index (κ2) is 4.85. The molecule has 2 atom stereocenters. The first-order valence-corrected chi connectivity index (χ1v) is 6.96. The van der Waals surface area contributed by atoms with Crippen LogP contribution in [0.15, 0.2) is 12.1 Å². The first kappa shape index (κ1) is 12.5. The fourth-order valence-electron chi connectivity index (χ4n) is 3.36. The minimum absolute atomic E-state index is 0.119. The van der Waals surface area contributed by atoms with E-state index in [0.29, 0.717) is 18.7 Å². The van der Waals surface area contributed by atoms with Gasteiger partial charge >= 0.3 is 5.97 Å². The van der Waals surface area contributed by atoms with Gasteiger partial charge in [0, 0.05) is 12.6 Å². The highest BCUT2D eigenvalue weighted by Gasteiger charge is 2.32. The number of nitrogens with one attached hydrogen (secondary N) is 1. The number of rotatable bonds is 2. The zero-order valence-corrected chi connectivity index (χ0v) is 10.9. The molecule has 0 aromatic heterocycles. The standard InChI is InChI=1S/C15H19NO3/c17-14-6-5-11(10-3-1-2-4-12(10)14)13-7-9(8-16-13)15(18)19/h5-6,9,13,16-17H,1-4,7-8H2,(H,18,19). The molecule has 0 bridgehead atoms. The fraction of sp³-hybridized carbons (Fsp3) is 0.533. The van der Waals surface area contributed by atoms with Gasteiger partial charge in [-0.15, -0.1) is 0 Å². The van der Waals surface area contributed by atoms with E-state index in [9.17, 15) is 9.90 Å². The van der Waals surface area contributed by atoms with Gasteiger partial charge in [-0.25, -0.2) is 0 Å². The molecule has 1 aromatic rings. The maximum absolute atomic E-state index is 11.0. The Morgan fingerprint density at radius 1 is 1.21 bits per heavy atom. The Labute approximate surface area is 112 Å². The van der Waals surface area contributed by atoms with E-state index >= 15 is 0 Å². The van der Waals surface area contributed by atoms with E-state index in [1.54, 1.807) is 6.07 Å². The number of aliphatic carboxylic acids is 1. The van der Waals surface area contributed by atoms with Crippen LogP contribution in [0.5, 0.6) is 5.75 Å². The number of hydrogen-bond acceptors (Lipinski definition) is 3. The van der Waals surface area contributed by atoms with Crippen molar-refractivity contribution in [2.24, 2.45) is 5.92 Å². The second-order valence-electron chi connectivity index (χ2n) is 5.57. The lowest BCUT2D eigenvalue weighted by Gasteiger charge is -2.23. The number of phenolic OH excluding ortho intramolecular Hbond substituents is 1. The summed E-state index contributed by atoms with van der Waals surface area (Å²) in [6.45, 7) is 0.537. The van der Waals surface area contributed by atoms with E-state index in [2.05, 4.69) is 5.32 Å². The zero-order valence-electron chi connectivity index (χ0n) is 10.9. The van der Waals surface area contributed by atoms with Crippen LogP contribution in [0, 0.1) is 5.92 Å². The van der Waals surface area contributed by atoms with Crippen LogP contribution in [0.25, 0.3) is 0 Å². The van der Waals surface area contributed by atoms with Crippen LogP contribution in [0.1, 0.15) is 42.0 Å². The Kier molecular flexibility index (Phi) is 3.19. The third-order valence-corrected chi connectivity index (χ3v) is 4.40. The van der Waals surface area contributed by atoms with Crippen LogP contribution in [-0.2, 0) is 17.6 Å². The number of carboxylic acids is 1. The van der Waals surface area contributed by atoms with Gasteiger partial charge < -0.3 is 15.5 Å². The van der Waals surface area contributed by atoms with E-state index in [-0.39, 0.29) is 12.0 Å². The SMILES string of the molecule is O=C(O)C1CNC(c2ccc(O)c3c2CCCC3)C1. The van der Waals surface area contributed by atoms with E-state index in [1.165, 1.54) is 11.1 Å². The summed E-state index contributed by atoms with van der Waals surface area (Å²) < 4.78 is 0. The summed E-state index contributed by atoms with van der Waals surface area (Å²) in [5.74, 6) is -0.619. The summed E-state index contributed by atoms with van der Waals surface area (Å²) >= 11 is 0. The molecule has 4 nitrogen and oxygen atoms in total. The Hall–Kier alpha value is -1.55. The van der Waals surface area contributed by atoms with E-state index < -0.39 is 5.97 Å². The average Bonchev–Trinajstić information content (AvgIpc) is 2.89. The van der Waals surface area contributed by atoms with Crippen LogP contribution in [0.4, 0.5) is 0 Å². The Morgan fingerprint density at radius 2 is 1.95 bits per heavy atom. The molecule has 0 amide bonds. The predicted molar refractivity (Wildman–Crippen MR) is 71.2 cm³/mol. The molecule has 0 saturated carbocycles. The maximum Gasteiger partial charge on any atom is 0.307 e. The number of carboxylic acid groups (broad SMARTS) is 1. The first-order chi connectivity index (χ1) is 9.16. The quantitative estimate of drug-likeness (QED) is 0.761. The number of hydrogen-bond donors (Lipinski definition) is 3. The molecule has 4 heteroatoms. The lowest BCUT2D eigenvalue weighted by molar-refractivity contribution is -0.141. The van der Waals surface area contributed by atoms with Gasteiger partial charge in [0.15, 0.2) is 0 Å². The molecule has 19 heavy (non-hydrogen) atoms. The molecule has 3 rings (SSSR count). The molecule has 1 heterocycles. The van der Waals surface area contributed by atoms with Gasteiger partial charge in [-0.1, -0.05) is 6.07 Å². The Bertz CT molecular complexity index is 512. The summed E-state index contributed by atoms with van der Waals surface area (Å²) in [6.07, 6.45) is 4.85. The summed E-state index contributed by atoms with van der Waals surface area (Å²) in [7, 11) is 0. The highest BCUT2D eigenvalue weighted by atomic mass is 16.4. The largest absolute Gasteiger partial charge is 0.508 e. The molecule has 3 N–H and O–H groups in total. The van der Waals surface area contributed by atoms with Gasteiger partial charge in [0.25, 0.3) is 0 Å². The van der Waals surface area contributed by atoms with Crippen LogP contribution >= 0.6 is 0 Å². The lowest BCUT2D eigenvalue weighted by Crippen LogP contribution is -2.18. The molecular weight excluding hydrogens is 242 g/mol. The highest BCUT2D eigenvalue weighted by Crippen LogP contribution is 2.37. The zero-order chi connectivity index (χ0) is 13.4. The molecule has 1 aromatic carbocycles. The number of fused-ring (bicyclic) bond motifs is 1. The number of benzene rings is 1. The fourth-order valence-corrected chi connectivity index (χ4v) is 3.36. The summed E-state index contributed by atoms with van der Waals surface area (Å²) in [5, 5.41) is 22.3. The number of carbonyl (C=O) groups is 1. The summed E-state index contributed by atoms with van der Waals surface area (Å²) in [4.78, 5) is 11.0. The third-order valence-electron chi connectivity index (χ3n) is 4.40. The van der Waals surface area contributed by atoms with Gasteiger partial charge in [-0.3, -0.25) is 4.79 Å². The molecule has 1 fully saturated rings. The van der Waals surface area contributed by atoms with Crippen LogP contribution in [0.2, 0.25) is 0 Å². The van der Waals surface area contributed by atoms with Gasteiger partial charge in [0.05, 0.1) is 5.92 Å². The highest BCUT2D eigenvalue weighted by molar-refractivity contribution is 5.71. The predicted octanol–water partition coefficient (Wildman–Crippen LogP) is 2.01. The smallest absolute Gasteiger partial charge is 0.307 e. The maximum atomic E-state index is 11.0. The molecule has 2 unspecified atom stereocenters. The van der Waals surface area contributed by atoms with Gasteiger partial charge in [0.1, 0.15) is 5.75 Å². The van der Waals surface area contributed by atoms with Crippen molar-refractivity contribution >= 4 is 5.97 Å². The van der Waals surface area contributed by atoms with Crippen molar-refractivity contribution < 1.29 is 15.0 Å². The Morgan fingerprint density at radius 3 is 2.63 bits per heavy atom. The molecule has 0 spiro atoms. The van der Waals surface area contributed by atoms with E-state index in [4.69, 9.17) is 5.11 Å². The van der Waals surface area contributed by atoms with Crippen molar-refractivity contribution in [3.63, 3.8) is 0 Å². The van der Waals surface area contributed by atoms with Crippen LogP contribution in [0.3, 0.4) is 0 Å². The van der Waals surface area contributed by atoms with Gasteiger partial charge in [0.2, 0.25) is 0 Å². The van der Waals surface area contributed by atoms with Gasteiger partial charge in [-0.05, 0) is 54.9 Å². The van der Waals surface area contributed by atoms with Crippen molar-refractivity contribution in [1.29, 1.82) is 0 Å². The molecule has 1 aliphatic carbocycles. The molecular formula is C15H19NO3.